The number of ketones is 1. The molecule has 4 rings (SSSR count). The number of nitrogens with zero attached hydrogens (tertiary/aromatic N) is 5. The predicted molar refractivity (Wildman–Crippen MR) is 131 cm³/mol. The van der Waals surface area contributed by atoms with Gasteiger partial charge in [-0.05, 0) is 28.1 Å². The van der Waals surface area contributed by atoms with Gasteiger partial charge in [0.1, 0.15) is 40.6 Å². The number of halogens is 2. The van der Waals surface area contributed by atoms with Gasteiger partial charge in [-0.25, -0.2) is 19.0 Å². The van der Waals surface area contributed by atoms with E-state index < -0.39 is 42.3 Å². The van der Waals surface area contributed by atoms with E-state index in [1.807, 2.05) is 0 Å². The summed E-state index contributed by atoms with van der Waals surface area (Å²) in [6, 6.07) is 5.14. The third kappa shape index (κ3) is 5.99. The molecular formula is C22H21BrFN7O4S. The minimum atomic E-state index is -1.40. The van der Waals surface area contributed by atoms with Crippen LogP contribution < -0.4 is 10.6 Å². The van der Waals surface area contributed by atoms with Gasteiger partial charge in [-0.15, -0.1) is 11.3 Å². The number of pyridine rings is 1. The molecular weight excluding hydrogens is 557 g/mol. The van der Waals surface area contributed by atoms with Crippen molar-refractivity contribution in [3.8, 4) is 0 Å². The summed E-state index contributed by atoms with van der Waals surface area (Å²) in [4.78, 5) is 60.0. The van der Waals surface area contributed by atoms with Gasteiger partial charge >= 0.3 is 0 Å². The number of amides is 3. The lowest BCUT2D eigenvalue weighted by atomic mass is 10.2. The fourth-order valence-electron chi connectivity index (χ4n) is 3.69. The van der Waals surface area contributed by atoms with E-state index in [1.165, 1.54) is 24.3 Å². The second kappa shape index (κ2) is 11.0. The van der Waals surface area contributed by atoms with Gasteiger partial charge in [0.15, 0.2) is 5.78 Å². The first-order valence-electron chi connectivity index (χ1n) is 10.8. The average molecular weight is 578 g/mol. The number of Topliss-reactive ketones (excluding diaryl/α,β-unsaturated/α-hetero) is 1. The van der Waals surface area contributed by atoms with Crippen LogP contribution in [0, 0.1) is 0 Å². The first kappa shape index (κ1) is 25.6. The maximum atomic E-state index is 14.3. The van der Waals surface area contributed by atoms with E-state index in [0.29, 0.717) is 10.3 Å². The van der Waals surface area contributed by atoms with Crippen LogP contribution in [0.2, 0.25) is 0 Å². The van der Waals surface area contributed by atoms with E-state index >= 15 is 0 Å². The van der Waals surface area contributed by atoms with Crippen LogP contribution in [0.25, 0.3) is 0 Å². The minimum Gasteiger partial charge on any atom is -0.345 e. The van der Waals surface area contributed by atoms with E-state index in [4.69, 9.17) is 0 Å². The molecule has 11 nitrogen and oxygen atoms in total. The molecule has 188 valence electrons. The summed E-state index contributed by atoms with van der Waals surface area (Å²) in [5, 5.41) is 11.1. The molecule has 1 fully saturated rings. The molecule has 2 atom stereocenters. The molecule has 0 aliphatic carbocycles. The number of aromatic nitrogens is 4. The summed E-state index contributed by atoms with van der Waals surface area (Å²) >= 11 is 4.59. The topological polar surface area (TPSA) is 139 Å². The Morgan fingerprint density at radius 3 is 2.78 bits per heavy atom. The number of alkyl halides is 1. The molecule has 0 aromatic carbocycles. The number of carbonyl (C=O) groups excluding carboxylic acids is 4. The number of likely N-dealkylation sites (tertiary alicyclic amines) is 1. The van der Waals surface area contributed by atoms with Crippen LogP contribution >= 0.6 is 27.3 Å². The number of thiazole rings is 1. The molecule has 14 heteroatoms. The van der Waals surface area contributed by atoms with Crippen molar-refractivity contribution in [2.45, 2.75) is 38.6 Å². The average Bonchev–Trinajstić information content (AvgIpc) is 3.57. The normalized spacial score (nSPS) is 17.1. The van der Waals surface area contributed by atoms with Gasteiger partial charge < -0.3 is 15.5 Å². The lowest BCUT2D eigenvalue weighted by molar-refractivity contribution is -0.137. The Hall–Kier alpha value is -3.52. The van der Waals surface area contributed by atoms with Gasteiger partial charge in [0.05, 0.1) is 24.3 Å². The molecule has 0 saturated carbocycles. The second-order valence-corrected chi connectivity index (χ2v) is 9.55. The Morgan fingerprint density at radius 1 is 1.28 bits per heavy atom. The van der Waals surface area contributed by atoms with Crippen molar-refractivity contribution in [2.24, 2.45) is 0 Å². The number of anilines is 1. The highest BCUT2D eigenvalue weighted by Crippen LogP contribution is 2.23. The number of rotatable bonds is 8. The fraction of sp³-hybridized carbons (Fsp3) is 0.318. The van der Waals surface area contributed by atoms with Crippen LogP contribution in [0.3, 0.4) is 0 Å². The van der Waals surface area contributed by atoms with Crippen LogP contribution in [0.4, 0.5) is 10.2 Å². The summed E-state index contributed by atoms with van der Waals surface area (Å²) in [6.45, 7) is 0.696. The third-order valence-electron chi connectivity index (χ3n) is 5.41. The van der Waals surface area contributed by atoms with Gasteiger partial charge in [0.25, 0.3) is 5.91 Å². The number of hydrogen-bond acceptors (Lipinski definition) is 8. The van der Waals surface area contributed by atoms with Gasteiger partial charge in [0, 0.05) is 24.8 Å². The zero-order valence-electron chi connectivity index (χ0n) is 19.0. The molecule has 2 N–H and O–H groups in total. The third-order valence-corrected chi connectivity index (χ3v) is 6.49. The van der Waals surface area contributed by atoms with Crippen LogP contribution in [0.15, 0.2) is 39.8 Å². The van der Waals surface area contributed by atoms with Crippen molar-refractivity contribution < 1.29 is 23.6 Å². The number of carbonyl (C=O) groups is 4. The molecule has 3 aromatic rings. The molecule has 1 saturated heterocycles. The van der Waals surface area contributed by atoms with Gasteiger partial charge in [-0.1, -0.05) is 6.07 Å². The zero-order valence-corrected chi connectivity index (χ0v) is 21.4. The highest BCUT2D eigenvalue weighted by atomic mass is 79.9. The van der Waals surface area contributed by atoms with Crippen LogP contribution in [-0.2, 0) is 22.7 Å². The molecule has 3 aromatic heterocycles. The summed E-state index contributed by atoms with van der Waals surface area (Å²) < 4.78 is 15.9. The summed E-state index contributed by atoms with van der Waals surface area (Å²) in [5.41, 5.74) is 2.27. The monoisotopic (exact) mass is 577 g/mol. The van der Waals surface area contributed by atoms with Crippen molar-refractivity contribution in [1.29, 1.82) is 0 Å². The molecule has 0 bridgehead atoms. The van der Waals surface area contributed by atoms with Crippen molar-refractivity contribution in [2.75, 3.05) is 11.9 Å². The fourth-order valence-corrected chi connectivity index (χ4v) is 4.60. The summed E-state index contributed by atoms with van der Waals surface area (Å²) in [5.74, 6) is -1.90. The Bertz CT molecular complexity index is 1300. The Balaban J connectivity index is 1.50. The maximum absolute atomic E-state index is 14.3. The van der Waals surface area contributed by atoms with Crippen molar-refractivity contribution in [1.82, 2.24) is 30.0 Å². The molecule has 36 heavy (non-hydrogen) atoms. The molecule has 1 aliphatic heterocycles. The van der Waals surface area contributed by atoms with E-state index in [0.717, 1.165) is 9.58 Å². The number of hydrogen-bond donors (Lipinski definition) is 2. The molecule has 0 radical (unpaired) electrons. The molecule has 4 heterocycles. The minimum absolute atomic E-state index is 0.00132. The SMILES string of the molecule is CC(=O)c1cc(C(=O)NCc2cscn2)n(CC(=O)N2C[C@H](F)C[C@H]2C(=O)Nc2cccc(Br)n2)n1. The molecule has 3 amide bonds. The Labute approximate surface area is 217 Å². The lowest BCUT2D eigenvalue weighted by Gasteiger charge is -2.23. The standard InChI is InChI=1S/C22H21BrFN7O4S/c1-12(32)15-6-17(21(34)25-7-14-10-36-11-26-14)31(29-15)9-20(33)30-8-13(24)5-16(30)22(35)28-19-4-2-3-18(23)27-19/h2-4,6,10-11,13,16H,5,7-9H2,1H3,(H,25,34)(H,27,28,35)/t13-,16+/m1/s1. The highest BCUT2D eigenvalue weighted by Gasteiger charge is 2.40. The van der Waals surface area contributed by atoms with Crippen LogP contribution in [-0.4, -0.2) is 66.9 Å². The van der Waals surface area contributed by atoms with Crippen LogP contribution in [0.5, 0.6) is 0 Å². The van der Waals surface area contributed by atoms with Gasteiger partial charge in [-0.2, -0.15) is 5.10 Å². The molecule has 0 unspecified atom stereocenters. The zero-order chi connectivity index (χ0) is 25.8. The quantitative estimate of drug-likeness (QED) is 0.309. The number of nitrogens with one attached hydrogen (secondary N) is 2. The first-order valence-corrected chi connectivity index (χ1v) is 12.6. The van der Waals surface area contributed by atoms with Crippen molar-refractivity contribution in [3.05, 3.63) is 56.8 Å². The second-order valence-electron chi connectivity index (χ2n) is 8.02. The largest absolute Gasteiger partial charge is 0.345 e. The maximum Gasteiger partial charge on any atom is 0.269 e. The van der Waals surface area contributed by atoms with Gasteiger partial charge in [-0.3, -0.25) is 19.2 Å². The lowest BCUT2D eigenvalue weighted by Crippen LogP contribution is -2.45. The van der Waals surface area contributed by atoms with Gasteiger partial charge in [0.2, 0.25) is 11.8 Å². The Morgan fingerprint density at radius 2 is 2.08 bits per heavy atom. The smallest absolute Gasteiger partial charge is 0.269 e. The van der Waals surface area contributed by atoms with E-state index in [1.54, 1.807) is 29.1 Å². The highest BCUT2D eigenvalue weighted by molar-refractivity contribution is 9.10. The summed E-state index contributed by atoms with van der Waals surface area (Å²) in [6.07, 6.45) is -1.57. The van der Waals surface area contributed by atoms with E-state index in [9.17, 15) is 23.6 Å². The summed E-state index contributed by atoms with van der Waals surface area (Å²) in [7, 11) is 0. The van der Waals surface area contributed by atoms with Crippen molar-refractivity contribution in [3.63, 3.8) is 0 Å². The predicted octanol–water partition coefficient (Wildman–Crippen LogP) is 2.21. The van der Waals surface area contributed by atoms with Crippen LogP contribution in [0.1, 0.15) is 40.0 Å². The molecule has 1 aliphatic rings. The van der Waals surface area contributed by atoms with E-state index in [-0.39, 0.29) is 36.7 Å². The first-order chi connectivity index (χ1) is 17.2. The van der Waals surface area contributed by atoms with E-state index in [2.05, 4.69) is 41.6 Å². The molecule has 0 spiro atoms. The Kier molecular flexibility index (Phi) is 7.84. The van der Waals surface area contributed by atoms with Crippen molar-refractivity contribution >= 4 is 56.6 Å².